The van der Waals surface area contributed by atoms with Gasteiger partial charge >= 0.3 is 5.97 Å². The molecule has 1 rings (SSSR count). The number of hydrogen-bond donors (Lipinski definition) is 1. The van der Waals surface area contributed by atoms with Gasteiger partial charge in [0.2, 0.25) is 0 Å². The number of esters is 1. The van der Waals surface area contributed by atoms with Crippen LogP contribution in [0, 0.1) is 11.8 Å². The third-order valence-electron chi connectivity index (χ3n) is 1.99. The van der Waals surface area contributed by atoms with E-state index in [0.717, 1.165) is 6.54 Å². The second kappa shape index (κ2) is 3.85. The van der Waals surface area contributed by atoms with Crippen molar-refractivity contribution in [3.05, 3.63) is 0 Å². The van der Waals surface area contributed by atoms with Crippen LogP contribution < -0.4 is 5.32 Å². The zero-order valence-corrected chi connectivity index (χ0v) is 8.11. The van der Waals surface area contributed by atoms with Crippen molar-refractivity contribution in [2.45, 2.75) is 13.8 Å². The van der Waals surface area contributed by atoms with E-state index < -0.39 is 0 Å². The molecule has 0 spiro atoms. The standard InChI is InChI=1S/C8H13NO2S/c1-3-11-8(10)6-5(2)4-9-7(6)12/h5-6H,3-4H2,1-2H3,(H,9,12). The van der Waals surface area contributed by atoms with Gasteiger partial charge < -0.3 is 10.1 Å². The maximum atomic E-state index is 11.3. The van der Waals surface area contributed by atoms with Crippen molar-refractivity contribution in [1.29, 1.82) is 0 Å². The molecule has 0 amide bonds. The highest BCUT2D eigenvalue weighted by Gasteiger charge is 2.35. The van der Waals surface area contributed by atoms with Gasteiger partial charge in [-0.25, -0.2) is 0 Å². The van der Waals surface area contributed by atoms with Gasteiger partial charge in [0.25, 0.3) is 0 Å². The second-order valence-corrected chi connectivity index (χ2v) is 3.39. The van der Waals surface area contributed by atoms with Gasteiger partial charge in [0.05, 0.1) is 11.6 Å². The summed E-state index contributed by atoms with van der Waals surface area (Å²) in [7, 11) is 0. The summed E-state index contributed by atoms with van der Waals surface area (Å²) >= 11 is 5.00. The van der Waals surface area contributed by atoms with Gasteiger partial charge in [-0.3, -0.25) is 4.79 Å². The van der Waals surface area contributed by atoms with Crippen LogP contribution in [0.1, 0.15) is 13.8 Å². The lowest BCUT2D eigenvalue weighted by Crippen LogP contribution is -2.27. The first kappa shape index (κ1) is 9.45. The monoisotopic (exact) mass is 187 g/mol. The number of hydrogen-bond acceptors (Lipinski definition) is 3. The topological polar surface area (TPSA) is 38.3 Å². The molecule has 0 aromatic carbocycles. The fourth-order valence-electron chi connectivity index (χ4n) is 1.32. The Hall–Kier alpha value is -0.640. The van der Waals surface area contributed by atoms with Crippen LogP contribution in [0.4, 0.5) is 0 Å². The number of carbonyl (C=O) groups is 1. The molecular weight excluding hydrogens is 174 g/mol. The lowest BCUT2D eigenvalue weighted by molar-refractivity contribution is -0.146. The SMILES string of the molecule is CCOC(=O)C1C(=S)NCC1C. The number of carbonyl (C=O) groups excluding carboxylic acids is 1. The molecule has 0 radical (unpaired) electrons. The molecule has 12 heavy (non-hydrogen) atoms. The van der Waals surface area contributed by atoms with Crippen molar-refractivity contribution in [3.8, 4) is 0 Å². The van der Waals surface area contributed by atoms with E-state index in [4.69, 9.17) is 17.0 Å². The van der Waals surface area contributed by atoms with Crippen molar-refractivity contribution >= 4 is 23.2 Å². The summed E-state index contributed by atoms with van der Waals surface area (Å²) in [5.41, 5.74) is 0. The number of thiocarbonyl (C=S) groups is 1. The number of nitrogens with one attached hydrogen (secondary N) is 1. The molecule has 0 bridgehead atoms. The Balaban J connectivity index is 2.59. The molecule has 0 aromatic rings. The first-order chi connectivity index (χ1) is 5.66. The van der Waals surface area contributed by atoms with E-state index in [1.807, 2.05) is 6.92 Å². The average molecular weight is 187 g/mol. The van der Waals surface area contributed by atoms with Crippen LogP contribution in [0.3, 0.4) is 0 Å². The molecule has 2 unspecified atom stereocenters. The van der Waals surface area contributed by atoms with Gasteiger partial charge in [-0.1, -0.05) is 19.1 Å². The van der Waals surface area contributed by atoms with Crippen molar-refractivity contribution in [3.63, 3.8) is 0 Å². The molecule has 3 nitrogen and oxygen atoms in total. The molecule has 1 saturated heterocycles. The summed E-state index contributed by atoms with van der Waals surface area (Å²) in [5.74, 6) is -0.156. The lowest BCUT2D eigenvalue weighted by atomic mass is 9.98. The van der Waals surface area contributed by atoms with Gasteiger partial charge in [-0.05, 0) is 12.8 Å². The maximum absolute atomic E-state index is 11.3. The van der Waals surface area contributed by atoms with E-state index >= 15 is 0 Å². The Bertz CT molecular complexity index is 205. The van der Waals surface area contributed by atoms with Gasteiger partial charge in [0.15, 0.2) is 0 Å². The van der Waals surface area contributed by atoms with Gasteiger partial charge in [0, 0.05) is 6.54 Å². The molecule has 1 fully saturated rings. The zero-order chi connectivity index (χ0) is 9.14. The van der Waals surface area contributed by atoms with Crippen LogP contribution in [0.5, 0.6) is 0 Å². The first-order valence-electron chi connectivity index (χ1n) is 4.11. The Morgan fingerprint density at radius 3 is 2.92 bits per heavy atom. The molecule has 2 atom stereocenters. The van der Waals surface area contributed by atoms with Crippen LogP contribution in [0.15, 0.2) is 0 Å². The largest absolute Gasteiger partial charge is 0.465 e. The zero-order valence-electron chi connectivity index (χ0n) is 7.29. The molecule has 1 N–H and O–H groups in total. The van der Waals surface area contributed by atoms with E-state index in [1.165, 1.54) is 0 Å². The summed E-state index contributed by atoms with van der Waals surface area (Å²) in [6.07, 6.45) is 0. The predicted octanol–water partition coefficient (Wildman–Crippen LogP) is 0.732. The normalized spacial score (nSPS) is 28.3. The summed E-state index contributed by atoms with van der Waals surface area (Å²) in [6.45, 7) is 4.99. The molecule has 4 heteroatoms. The average Bonchev–Trinajstić information content (AvgIpc) is 2.32. The molecule has 68 valence electrons. The van der Waals surface area contributed by atoms with Crippen LogP contribution in [0.25, 0.3) is 0 Å². The van der Waals surface area contributed by atoms with E-state index in [-0.39, 0.29) is 17.8 Å². The Morgan fingerprint density at radius 1 is 1.83 bits per heavy atom. The highest BCUT2D eigenvalue weighted by atomic mass is 32.1. The Kier molecular flexibility index (Phi) is 3.03. The third-order valence-corrected chi connectivity index (χ3v) is 2.39. The maximum Gasteiger partial charge on any atom is 0.316 e. The van der Waals surface area contributed by atoms with Crippen LogP contribution in [0.2, 0.25) is 0 Å². The van der Waals surface area contributed by atoms with Crippen molar-refractivity contribution in [2.24, 2.45) is 11.8 Å². The van der Waals surface area contributed by atoms with E-state index in [1.54, 1.807) is 6.92 Å². The van der Waals surface area contributed by atoms with E-state index in [9.17, 15) is 4.79 Å². The molecule has 1 aliphatic heterocycles. The number of ether oxygens (including phenoxy) is 1. The highest BCUT2D eigenvalue weighted by Crippen LogP contribution is 2.19. The fraction of sp³-hybridized carbons (Fsp3) is 0.750. The molecule has 0 saturated carbocycles. The van der Waals surface area contributed by atoms with Crippen molar-refractivity contribution in [2.75, 3.05) is 13.2 Å². The molecular formula is C8H13NO2S. The minimum atomic E-state index is -0.222. The quantitative estimate of drug-likeness (QED) is 0.511. The fourth-order valence-corrected chi connectivity index (χ4v) is 1.73. The highest BCUT2D eigenvalue weighted by molar-refractivity contribution is 7.80. The third kappa shape index (κ3) is 1.75. The molecule has 1 aliphatic rings. The minimum absolute atomic E-state index is 0.194. The van der Waals surface area contributed by atoms with Gasteiger partial charge in [0.1, 0.15) is 5.92 Å². The minimum Gasteiger partial charge on any atom is -0.465 e. The van der Waals surface area contributed by atoms with Crippen LogP contribution in [-0.4, -0.2) is 24.1 Å². The van der Waals surface area contributed by atoms with E-state index in [0.29, 0.717) is 11.6 Å². The van der Waals surface area contributed by atoms with Gasteiger partial charge in [-0.2, -0.15) is 0 Å². The Morgan fingerprint density at radius 2 is 2.50 bits per heavy atom. The lowest BCUT2D eigenvalue weighted by Gasteiger charge is -2.11. The molecule has 0 aliphatic carbocycles. The summed E-state index contributed by atoms with van der Waals surface area (Å²) in [5, 5.41) is 2.99. The summed E-state index contributed by atoms with van der Waals surface area (Å²) in [6, 6.07) is 0. The predicted molar refractivity (Wildman–Crippen MR) is 49.9 cm³/mol. The van der Waals surface area contributed by atoms with Crippen molar-refractivity contribution < 1.29 is 9.53 Å². The first-order valence-corrected chi connectivity index (χ1v) is 4.52. The van der Waals surface area contributed by atoms with Crippen molar-refractivity contribution in [1.82, 2.24) is 5.32 Å². The van der Waals surface area contributed by atoms with Crippen LogP contribution in [-0.2, 0) is 9.53 Å². The van der Waals surface area contributed by atoms with E-state index in [2.05, 4.69) is 5.32 Å². The second-order valence-electron chi connectivity index (χ2n) is 2.95. The summed E-state index contributed by atoms with van der Waals surface area (Å²) < 4.78 is 4.90. The molecule has 0 aromatic heterocycles. The molecule has 1 heterocycles. The number of rotatable bonds is 2. The van der Waals surface area contributed by atoms with Crippen LogP contribution >= 0.6 is 12.2 Å². The van der Waals surface area contributed by atoms with Gasteiger partial charge in [-0.15, -0.1) is 0 Å². The summed E-state index contributed by atoms with van der Waals surface area (Å²) in [4.78, 5) is 11.9. The smallest absolute Gasteiger partial charge is 0.316 e. The Labute approximate surface area is 77.5 Å².